The molecular weight excluding hydrogens is 777 g/mol. The third-order valence-corrected chi connectivity index (χ3v) is 8.47. The number of nitrogens with one attached hydrogen (secondary N) is 4. The van der Waals surface area contributed by atoms with Crippen molar-refractivity contribution in [2.45, 2.75) is 193 Å². The number of carboxylic acids is 1. The summed E-state index contributed by atoms with van der Waals surface area (Å²) in [6.45, 7) is 23.8. The number of ether oxygens (including phenoxy) is 4. The van der Waals surface area contributed by atoms with E-state index in [-0.39, 0.29) is 25.9 Å². The van der Waals surface area contributed by atoms with Crippen LogP contribution in [-0.4, -0.2) is 118 Å². The number of hydrogen-bond acceptors (Lipinski definition) is 12. The van der Waals surface area contributed by atoms with Crippen LogP contribution in [0.4, 0.5) is 0 Å². The normalized spacial score (nSPS) is 16.5. The van der Waals surface area contributed by atoms with Crippen molar-refractivity contribution in [1.29, 1.82) is 0 Å². The minimum absolute atomic E-state index is 0.0367. The van der Waals surface area contributed by atoms with Gasteiger partial charge in [0.15, 0.2) is 6.04 Å². The molecule has 0 spiro atoms. The molecule has 1 rings (SSSR count). The Morgan fingerprint density at radius 2 is 1.05 bits per heavy atom. The van der Waals surface area contributed by atoms with Gasteiger partial charge in [-0.25, -0.2) is 4.79 Å². The summed E-state index contributed by atoms with van der Waals surface area (Å²) < 4.78 is 23.1. The monoisotopic (exact) mass is 851 g/mol. The lowest BCUT2D eigenvalue weighted by atomic mass is 10.0. The lowest BCUT2D eigenvalue weighted by molar-refractivity contribution is -0.156. The molecule has 0 aromatic heterocycles. The molecule has 17 heteroatoms. The zero-order valence-corrected chi connectivity index (χ0v) is 38.2. The van der Waals surface area contributed by atoms with E-state index in [9.17, 15) is 33.9 Å². The highest BCUT2D eigenvalue weighted by molar-refractivity contribution is 5.96. The Bertz CT molecular complexity index is 1560. The molecule has 60 heavy (non-hydrogen) atoms. The van der Waals surface area contributed by atoms with Gasteiger partial charge in [0.25, 0.3) is 0 Å². The van der Waals surface area contributed by atoms with Crippen molar-refractivity contribution < 1.29 is 52.8 Å². The first kappa shape index (κ1) is 53.9. The van der Waals surface area contributed by atoms with E-state index in [4.69, 9.17) is 30.4 Å². The Labute approximate surface area is 356 Å². The predicted octanol–water partition coefficient (Wildman–Crippen LogP) is 2.64. The second-order valence-corrected chi connectivity index (χ2v) is 19.1. The van der Waals surface area contributed by atoms with E-state index in [0.717, 1.165) is 0 Å². The molecule has 0 aliphatic heterocycles. The largest absolute Gasteiger partial charge is 0.480 e. The van der Waals surface area contributed by atoms with Crippen molar-refractivity contribution in [2.24, 2.45) is 11.5 Å². The summed E-state index contributed by atoms with van der Waals surface area (Å²) >= 11 is 0. The van der Waals surface area contributed by atoms with Crippen LogP contribution in [0.15, 0.2) is 30.3 Å². The van der Waals surface area contributed by atoms with Crippen LogP contribution >= 0.6 is 0 Å². The minimum Gasteiger partial charge on any atom is -0.480 e. The quantitative estimate of drug-likeness (QED) is 0.0830. The highest BCUT2D eigenvalue weighted by atomic mass is 16.6. The van der Waals surface area contributed by atoms with Gasteiger partial charge < -0.3 is 56.8 Å². The van der Waals surface area contributed by atoms with Crippen LogP contribution in [-0.2, 0) is 54.1 Å². The summed E-state index contributed by atoms with van der Waals surface area (Å²) in [5, 5.41) is 20.5. The summed E-state index contributed by atoms with van der Waals surface area (Å²) in [5.74, 6) is -5.02. The minimum atomic E-state index is -1.46. The summed E-state index contributed by atoms with van der Waals surface area (Å²) in [6, 6.07) is 1.26. The first-order chi connectivity index (χ1) is 27.3. The van der Waals surface area contributed by atoms with Crippen LogP contribution in [0.2, 0.25) is 0 Å². The number of amides is 4. The van der Waals surface area contributed by atoms with Crippen LogP contribution in [0.3, 0.4) is 0 Å². The van der Waals surface area contributed by atoms with E-state index >= 15 is 0 Å². The van der Waals surface area contributed by atoms with Crippen LogP contribution < -0.4 is 32.7 Å². The molecule has 0 saturated carbocycles. The zero-order valence-electron chi connectivity index (χ0n) is 38.2. The van der Waals surface area contributed by atoms with Crippen molar-refractivity contribution in [3.8, 4) is 0 Å². The predicted molar refractivity (Wildman–Crippen MR) is 227 cm³/mol. The third kappa shape index (κ3) is 21.9. The fourth-order valence-corrected chi connectivity index (χ4v) is 5.83. The summed E-state index contributed by atoms with van der Waals surface area (Å²) in [5.41, 5.74) is 9.98. The second-order valence-electron chi connectivity index (χ2n) is 19.1. The fraction of sp³-hybridized carbons (Fsp3) is 0.721. The molecule has 1 aromatic rings. The number of carbonyl (C=O) groups is 6. The first-order valence-electron chi connectivity index (χ1n) is 20.5. The van der Waals surface area contributed by atoms with Crippen molar-refractivity contribution in [3.63, 3.8) is 0 Å². The number of carboxylic acid groups (broad SMARTS) is 1. The smallest absolute Gasteiger partial charge is 0.328 e. The van der Waals surface area contributed by atoms with E-state index in [1.165, 1.54) is 0 Å². The highest BCUT2D eigenvalue weighted by Crippen LogP contribution is 2.17. The Morgan fingerprint density at radius 1 is 0.600 bits per heavy atom. The fourth-order valence-electron chi connectivity index (χ4n) is 5.83. The van der Waals surface area contributed by atoms with Crippen molar-refractivity contribution in [3.05, 3.63) is 35.9 Å². The summed E-state index contributed by atoms with van der Waals surface area (Å²) in [6.07, 6.45) is -1.29. The number of carbonyl (C=O) groups excluding carboxylic acids is 5. The lowest BCUT2D eigenvalue weighted by Crippen LogP contribution is -2.63. The third-order valence-electron chi connectivity index (χ3n) is 8.47. The summed E-state index contributed by atoms with van der Waals surface area (Å²) in [7, 11) is 0. The molecular formula is C43H74N6O11. The second kappa shape index (κ2) is 23.2. The standard InChI is InChI=1S/C43H74N6O11/c1-25(58-41(6,7)8)32(48-34(50)28(44)21-18-22-29(45)39(56)60-43(12,13)14)36(52)46-30(23-27-19-16-15-17-20-27)35(51)49-33(26(2)59-42(9,10)11)37(53)47-31(38(54)55)24-57-40(3,4)5/h15-17,19-20,25-26,28-33H,18,21-24,44-45H2,1-14H3,(H,46,52)(H,47,53)(H,48,50)(H,49,51)(H,54,55)/t25-,26-,28+,29?,30+,31+,32+,33+/m1/s1. The summed E-state index contributed by atoms with van der Waals surface area (Å²) in [4.78, 5) is 80.4. The molecule has 0 radical (unpaired) electrons. The molecule has 342 valence electrons. The molecule has 0 bridgehead atoms. The Balaban J connectivity index is 3.47. The van der Waals surface area contributed by atoms with Gasteiger partial charge in [0.2, 0.25) is 23.6 Å². The average Bonchev–Trinajstić information content (AvgIpc) is 3.07. The van der Waals surface area contributed by atoms with Gasteiger partial charge in [0, 0.05) is 6.42 Å². The van der Waals surface area contributed by atoms with Gasteiger partial charge in [-0.1, -0.05) is 30.3 Å². The number of esters is 1. The number of benzene rings is 1. The van der Waals surface area contributed by atoms with Crippen molar-refractivity contribution in [1.82, 2.24) is 21.3 Å². The van der Waals surface area contributed by atoms with Crippen molar-refractivity contribution >= 4 is 35.6 Å². The average molecular weight is 851 g/mol. The van der Waals surface area contributed by atoms with Gasteiger partial charge in [-0.05, 0) is 122 Å². The SMILES string of the molecule is C[C@@H](OC(C)(C)C)[C@H](NC(=O)[C@H](Cc1ccccc1)NC(=O)[C@@H](NC(=O)[C@@H](N)CCCC(N)C(=O)OC(C)(C)C)[C@@H](C)OC(C)(C)C)C(=O)N[C@@H](COC(C)(C)C)C(=O)O. The molecule has 0 saturated heterocycles. The maximum Gasteiger partial charge on any atom is 0.328 e. The molecule has 8 atom stereocenters. The number of hydrogen-bond donors (Lipinski definition) is 7. The molecule has 0 fully saturated rings. The van der Waals surface area contributed by atoms with Gasteiger partial charge in [-0.2, -0.15) is 0 Å². The number of rotatable bonds is 22. The van der Waals surface area contributed by atoms with E-state index in [0.29, 0.717) is 12.0 Å². The Kier molecular flexibility index (Phi) is 20.8. The maximum absolute atomic E-state index is 14.3. The molecule has 0 heterocycles. The maximum atomic E-state index is 14.3. The topological polar surface area (TPSA) is 260 Å². The molecule has 17 nitrogen and oxygen atoms in total. The van der Waals surface area contributed by atoms with Crippen LogP contribution in [0.5, 0.6) is 0 Å². The Morgan fingerprint density at radius 3 is 1.48 bits per heavy atom. The molecule has 1 aromatic carbocycles. The Hall–Kier alpha value is -4.16. The van der Waals surface area contributed by atoms with Gasteiger partial charge in [0.05, 0.1) is 41.7 Å². The van der Waals surface area contributed by atoms with Gasteiger partial charge >= 0.3 is 11.9 Å². The molecule has 0 aliphatic rings. The van der Waals surface area contributed by atoms with E-state index in [2.05, 4.69) is 21.3 Å². The lowest BCUT2D eigenvalue weighted by Gasteiger charge is -2.34. The van der Waals surface area contributed by atoms with Crippen LogP contribution in [0.25, 0.3) is 0 Å². The molecule has 4 amide bonds. The van der Waals surface area contributed by atoms with Crippen molar-refractivity contribution in [2.75, 3.05) is 6.61 Å². The molecule has 0 aliphatic carbocycles. The van der Waals surface area contributed by atoms with Gasteiger partial charge in [-0.15, -0.1) is 0 Å². The van der Waals surface area contributed by atoms with E-state index in [1.807, 2.05) is 0 Å². The van der Waals surface area contributed by atoms with E-state index < -0.39 is 106 Å². The molecule has 1 unspecified atom stereocenters. The number of aliphatic carboxylic acids is 1. The highest BCUT2D eigenvalue weighted by Gasteiger charge is 2.38. The zero-order chi connectivity index (χ0) is 46.4. The van der Waals surface area contributed by atoms with Gasteiger partial charge in [0.1, 0.15) is 29.8 Å². The number of nitrogens with two attached hydrogens (primary N) is 2. The first-order valence-corrected chi connectivity index (χ1v) is 20.5. The molecule has 9 N–H and O–H groups in total. The van der Waals surface area contributed by atoms with Gasteiger partial charge in [-0.3, -0.25) is 24.0 Å². The van der Waals surface area contributed by atoms with E-state index in [1.54, 1.807) is 127 Å². The van der Waals surface area contributed by atoms with Crippen LogP contribution in [0, 0.1) is 0 Å². The van der Waals surface area contributed by atoms with Crippen LogP contribution in [0.1, 0.15) is 122 Å².